The molecule has 2 aromatic carbocycles. The van der Waals surface area contributed by atoms with E-state index in [0.29, 0.717) is 20.5 Å². The minimum Gasteiger partial charge on any atom is -0.391 e. The predicted molar refractivity (Wildman–Crippen MR) is 108 cm³/mol. The molecule has 1 heterocycles. The largest absolute Gasteiger partial charge is 0.391 e. The highest BCUT2D eigenvalue weighted by Crippen LogP contribution is 2.34. The lowest BCUT2D eigenvalue weighted by Gasteiger charge is -2.20. The molecule has 0 radical (unpaired) electrons. The van der Waals surface area contributed by atoms with Crippen LogP contribution in [0.3, 0.4) is 0 Å². The number of anilines is 2. The lowest BCUT2D eigenvalue weighted by Crippen LogP contribution is -2.40. The number of thiazole rings is 1. The number of amides is 1. The maximum absolute atomic E-state index is 14.4. The van der Waals surface area contributed by atoms with Crippen molar-refractivity contribution in [2.45, 2.75) is 12.7 Å². The summed E-state index contributed by atoms with van der Waals surface area (Å²) in [5, 5.41) is 22.3. The number of benzene rings is 2. The Balaban J connectivity index is 1.84. The molecule has 3 aromatic rings. The highest BCUT2D eigenvalue weighted by molar-refractivity contribution is 9.10. The number of aliphatic hydroxyl groups excluding tert-OH is 1. The number of aliphatic hydroxyl groups is 2. The minimum atomic E-state index is -1.95. The van der Waals surface area contributed by atoms with Crippen LogP contribution in [-0.2, 0) is 4.84 Å². The highest BCUT2D eigenvalue weighted by Gasteiger charge is 2.22. The first-order valence-corrected chi connectivity index (χ1v) is 9.81. The number of nitrogens with one attached hydrogen (secondary N) is 2. The minimum absolute atomic E-state index is 0.0318. The fraction of sp³-hybridized carbons (Fsp3) is 0.176. The fourth-order valence-electron chi connectivity index (χ4n) is 2.13. The van der Waals surface area contributed by atoms with Crippen molar-refractivity contribution in [3.8, 4) is 0 Å². The number of aromatic nitrogens is 1. The second kappa shape index (κ2) is 8.27. The van der Waals surface area contributed by atoms with Gasteiger partial charge in [-0.1, -0.05) is 38.9 Å². The van der Waals surface area contributed by atoms with E-state index in [-0.39, 0.29) is 11.1 Å². The monoisotopic (exact) mass is 489 g/mol. The first-order chi connectivity index (χ1) is 13.2. The van der Waals surface area contributed by atoms with Crippen molar-refractivity contribution in [2.24, 2.45) is 0 Å². The van der Waals surface area contributed by atoms with E-state index >= 15 is 0 Å². The zero-order valence-electron chi connectivity index (χ0n) is 14.3. The van der Waals surface area contributed by atoms with Gasteiger partial charge >= 0.3 is 0 Å². The summed E-state index contributed by atoms with van der Waals surface area (Å²) in [6.45, 7) is 0.425. The molecule has 0 saturated carbocycles. The van der Waals surface area contributed by atoms with Crippen LogP contribution in [0, 0.1) is 5.82 Å². The summed E-state index contributed by atoms with van der Waals surface area (Å²) in [4.78, 5) is 21.0. The summed E-state index contributed by atoms with van der Waals surface area (Å²) in [6, 6.07) is 7.70. The molecule has 0 fully saturated rings. The van der Waals surface area contributed by atoms with Crippen LogP contribution < -0.4 is 10.8 Å². The molecule has 28 heavy (non-hydrogen) atoms. The van der Waals surface area contributed by atoms with Gasteiger partial charge in [0, 0.05) is 10.0 Å². The van der Waals surface area contributed by atoms with E-state index < -0.39 is 24.1 Å². The Morgan fingerprint density at radius 3 is 2.86 bits per heavy atom. The van der Waals surface area contributed by atoms with Crippen LogP contribution in [0.1, 0.15) is 17.3 Å². The van der Waals surface area contributed by atoms with Gasteiger partial charge in [0.25, 0.3) is 5.91 Å². The molecule has 4 N–H and O–H groups in total. The standard InChI is InChI=1S/C17H14BrClFN3O4S/c1-17(26,7-24)27-23-15(25)8-4-11(20)14-13(5-8)28-16(22-14)21-12-3-2-9(18)6-10(12)19/h2-6,24,26H,7H2,1H3,(H,21,22)(H,23,25). The average Bonchev–Trinajstić information content (AvgIpc) is 3.05. The third-order valence-corrected chi connectivity index (χ3v) is 5.26. The summed E-state index contributed by atoms with van der Waals surface area (Å²) in [5.74, 6) is -3.43. The van der Waals surface area contributed by atoms with E-state index in [4.69, 9.17) is 21.5 Å². The molecule has 0 saturated heterocycles. The lowest BCUT2D eigenvalue weighted by atomic mass is 10.2. The maximum atomic E-state index is 14.4. The predicted octanol–water partition coefficient (Wildman–Crippen LogP) is 3.96. The molecule has 11 heteroatoms. The summed E-state index contributed by atoms with van der Waals surface area (Å²) in [7, 11) is 0. The van der Waals surface area contributed by atoms with E-state index in [2.05, 4.69) is 26.2 Å². The molecule has 3 rings (SSSR count). The van der Waals surface area contributed by atoms with Gasteiger partial charge in [0.2, 0.25) is 5.79 Å². The van der Waals surface area contributed by atoms with Crippen molar-refractivity contribution in [3.05, 3.63) is 51.2 Å². The van der Waals surface area contributed by atoms with E-state index in [0.717, 1.165) is 28.8 Å². The number of carbonyl (C=O) groups is 1. The van der Waals surface area contributed by atoms with Gasteiger partial charge in [0.15, 0.2) is 10.9 Å². The van der Waals surface area contributed by atoms with Gasteiger partial charge in [0.1, 0.15) is 5.52 Å². The van der Waals surface area contributed by atoms with Crippen molar-refractivity contribution in [3.63, 3.8) is 0 Å². The smallest absolute Gasteiger partial charge is 0.275 e. The van der Waals surface area contributed by atoms with Crippen molar-refractivity contribution < 1.29 is 24.2 Å². The van der Waals surface area contributed by atoms with Gasteiger partial charge < -0.3 is 15.5 Å². The third kappa shape index (κ3) is 4.77. The topological polar surface area (TPSA) is 104 Å². The van der Waals surface area contributed by atoms with E-state index in [1.165, 1.54) is 6.07 Å². The molecule has 148 valence electrons. The number of nitrogens with zero attached hydrogens (tertiary/aromatic N) is 1. The van der Waals surface area contributed by atoms with E-state index in [1.807, 2.05) is 5.48 Å². The zero-order chi connectivity index (χ0) is 20.5. The van der Waals surface area contributed by atoms with Gasteiger partial charge in [-0.3, -0.25) is 4.79 Å². The maximum Gasteiger partial charge on any atom is 0.275 e. The summed E-state index contributed by atoms with van der Waals surface area (Å²) >= 11 is 10.6. The molecule has 1 amide bonds. The summed E-state index contributed by atoms with van der Waals surface area (Å²) < 4.78 is 15.6. The number of rotatable bonds is 6. The fourth-order valence-corrected chi connectivity index (χ4v) is 3.78. The van der Waals surface area contributed by atoms with Gasteiger partial charge in [-0.2, -0.15) is 0 Å². The van der Waals surface area contributed by atoms with E-state index in [1.54, 1.807) is 18.2 Å². The number of halogens is 3. The van der Waals surface area contributed by atoms with E-state index in [9.17, 15) is 14.3 Å². The normalized spacial score (nSPS) is 13.4. The molecule has 0 aliphatic carbocycles. The molecule has 0 bridgehead atoms. The Hall–Kier alpha value is -1.82. The summed E-state index contributed by atoms with van der Waals surface area (Å²) in [6.07, 6.45) is 0. The number of carbonyl (C=O) groups excluding carboxylic acids is 1. The van der Waals surface area contributed by atoms with Gasteiger partial charge in [0.05, 0.1) is 22.0 Å². The van der Waals surface area contributed by atoms with Crippen LogP contribution in [0.4, 0.5) is 15.2 Å². The lowest BCUT2D eigenvalue weighted by molar-refractivity contribution is -0.235. The van der Waals surface area contributed by atoms with Crippen molar-refractivity contribution in [1.29, 1.82) is 0 Å². The molecule has 0 spiro atoms. The first-order valence-electron chi connectivity index (χ1n) is 7.82. The first kappa shape index (κ1) is 20.9. The van der Waals surface area contributed by atoms with Crippen molar-refractivity contribution >= 4 is 65.8 Å². The molecular formula is C17H14BrClFN3O4S. The van der Waals surface area contributed by atoms with Crippen molar-refractivity contribution in [2.75, 3.05) is 11.9 Å². The van der Waals surface area contributed by atoms with Crippen LogP contribution in [0.15, 0.2) is 34.8 Å². The van der Waals surface area contributed by atoms with Crippen LogP contribution in [0.2, 0.25) is 5.02 Å². The number of hydroxylamine groups is 1. The molecule has 7 nitrogen and oxygen atoms in total. The van der Waals surface area contributed by atoms with Gasteiger partial charge in [-0.25, -0.2) is 19.7 Å². The molecular weight excluding hydrogens is 477 g/mol. The molecule has 0 aliphatic heterocycles. The second-order valence-corrected chi connectivity index (χ2v) is 8.29. The average molecular weight is 491 g/mol. The Labute approximate surface area is 176 Å². The van der Waals surface area contributed by atoms with Crippen LogP contribution >= 0.6 is 38.9 Å². The quantitative estimate of drug-likeness (QED) is 0.308. The van der Waals surface area contributed by atoms with Crippen molar-refractivity contribution in [1.82, 2.24) is 10.5 Å². The van der Waals surface area contributed by atoms with Crippen LogP contribution in [0.5, 0.6) is 0 Å². The second-order valence-electron chi connectivity index (χ2n) is 5.94. The Morgan fingerprint density at radius 1 is 1.43 bits per heavy atom. The Kier molecular flexibility index (Phi) is 6.18. The summed E-state index contributed by atoms with van der Waals surface area (Å²) in [5.41, 5.74) is 2.64. The number of fused-ring (bicyclic) bond motifs is 1. The molecule has 1 aromatic heterocycles. The van der Waals surface area contributed by atoms with Crippen LogP contribution in [0.25, 0.3) is 10.2 Å². The SMILES string of the molecule is CC(O)(CO)ONC(=O)c1cc(F)c2nc(Nc3ccc(Br)cc3Cl)sc2c1. The number of hydrogen-bond donors (Lipinski definition) is 4. The molecule has 1 unspecified atom stereocenters. The zero-order valence-corrected chi connectivity index (χ0v) is 17.5. The highest BCUT2D eigenvalue weighted by atomic mass is 79.9. The van der Waals surface area contributed by atoms with Gasteiger partial charge in [-0.05, 0) is 37.3 Å². The molecule has 1 atom stereocenters. The molecule has 0 aliphatic rings. The van der Waals surface area contributed by atoms with Gasteiger partial charge in [-0.15, -0.1) is 0 Å². The number of hydrogen-bond acceptors (Lipinski definition) is 7. The van der Waals surface area contributed by atoms with Crippen LogP contribution in [-0.4, -0.2) is 33.5 Å². The Bertz CT molecular complexity index is 1050. The third-order valence-electron chi connectivity index (χ3n) is 3.54. The Morgan fingerprint density at radius 2 is 2.18 bits per heavy atom.